The number of anilines is 1. The number of nitrogens with zero attached hydrogens (tertiary/aromatic N) is 3. The van der Waals surface area contributed by atoms with Crippen molar-refractivity contribution in [1.29, 1.82) is 0 Å². The van der Waals surface area contributed by atoms with E-state index in [1.165, 1.54) is 0 Å². The molecular formula is C26H39BN4O4. The second-order valence-corrected chi connectivity index (χ2v) is 11.7. The van der Waals surface area contributed by atoms with Gasteiger partial charge in [0.05, 0.1) is 16.7 Å². The third-order valence-corrected chi connectivity index (χ3v) is 7.10. The predicted octanol–water partition coefficient (Wildman–Crippen LogP) is 4.30. The van der Waals surface area contributed by atoms with Crippen LogP contribution in [0.4, 0.5) is 10.7 Å². The van der Waals surface area contributed by atoms with E-state index in [4.69, 9.17) is 19.0 Å². The third kappa shape index (κ3) is 5.56. The van der Waals surface area contributed by atoms with Crippen LogP contribution in [0.1, 0.15) is 73.8 Å². The van der Waals surface area contributed by atoms with E-state index in [2.05, 4.69) is 57.1 Å². The minimum Gasteiger partial charge on any atom is -0.444 e. The standard InChI is InChI=1S/C26H39BN4O4/c1-9-17-13-19(27-34-25(5,6)26(7,8)35-27)14-18-15-28-22(30-21(17)18)29-20-11-10-12-31(16-20)23(32)33-24(2,3)4/h13-15,20H,9-12,16H2,1-8H3,(H,28,29,30)/t20-/m0/s1. The fourth-order valence-electron chi connectivity index (χ4n) is 4.47. The summed E-state index contributed by atoms with van der Waals surface area (Å²) >= 11 is 0. The lowest BCUT2D eigenvalue weighted by Crippen LogP contribution is -2.47. The van der Waals surface area contributed by atoms with Crippen LogP contribution >= 0.6 is 0 Å². The van der Waals surface area contributed by atoms with Crippen LogP contribution in [0.2, 0.25) is 0 Å². The van der Waals surface area contributed by atoms with Gasteiger partial charge in [-0.05, 0) is 78.8 Å². The van der Waals surface area contributed by atoms with Gasteiger partial charge in [0.2, 0.25) is 5.95 Å². The monoisotopic (exact) mass is 482 g/mol. The highest BCUT2D eigenvalue weighted by Gasteiger charge is 2.51. The highest BCUT2D eigenvalue weighted by Crippen LogP contribution is 2.36. The van der Waals surface area contributed by atoms with Crippen molar-refractivity contribution in [1.82, 2.24) is 14.9 Å². The first-order chi connectivity index (χ1) is 16.3. The van der Waals surface area contributed by atoms with Crippen molar-refractivity contribution < 1.29 is 18.8 Å². The average molecular weight is 482 g/mol. The van der Waals surface area contributed by atoms with Crippen LogP contribution in [-0.4, -0.2) is 64.0 Å². The van der Waals surface area contributed by atoms with Gasteiger partial charge in [-0.1, -0.05) is 19.1 Å². The molecular weight excluding hydrogens is 443 g/mol. The van der Waals surface area contributed by atoms with Crippen LogP contribution < -0.4 is 10.8 Å². The second kappa shape index (κ2) is 9.24. The lowest BCUT2D eigenvalue weighted by Gasteiger charge is -2.34. The fraction of sp³-hybridized carbons (Fsp3) is 0.654. The Balaban J connectivity index is 1.52. The quantitative estimate of drug-likeness (QED) is 0.651. The van der Waals surface area contributed by atoms with Crippen LogP contribution in [0, 0.1) is 0 Å². The SMILES string of the molecule is CCc1cc(B2OC(C)(C)C(C)(C)O2)cc2cnc(N[C@H]3CCCN(C(=O)OC(C)(C)C)C3)nc12. The van der Waals surface area contributed by atoms with Gasteiger partial charge in [-0.2, -0.15) is 0 Å². The van der Waals surface area contributed by atoms with Crippen LogP contribution in [0.25, 0.3) is 10.9 Å². The average Bonchev–Trinajstić information content (AvgIpc) is 2.99. The van der Waals surface area contributed by atoms with E-state index in [1.807, 2.05) is 27.0 Å². The van der Waals surface area contributed by atoms with Crippen molar-refractivity contribution in [2.45, 2.75) is 97.5 Å². The number of piperidine rings is 1. The van der Waals surface area contributed by atoms with Gasteiger partial charge in [-0.25, -0.2) is 14.8 Å². The summed E-state index contributed by atoms with van der Waals surface area (Å²) in [5, 5.41) is 4.40. The molecule has 1 aromatic heterocycles. The molecule has 0 aliphatic carbocycles. The summed E-state index contributed by atoms with van der Waals surface area (Å²) in [5.41, 5.74) is 1.74. The summed E-state index contributed by atoms with van der Waals surface area (Å²) < 4.78 is 18.1. The number of aryl methyl sites for hydroxylation is 1. The maximum absolute atomic E-state index is 12.5. The molecule has 1 aromatic carbocycles. The Morgan fingerprint density at radius 1 is 1.23 bits per heavy atom. The number of benzene rings is 1. The second-order valence-electron chi connectivity index (χ2n) is 11.7. The molecule has 0 spiro atoms. The Hall–Kier alpha value is -2.39. The third-order valence-electron chi connectivity index (χ3n) is 7.10. The van der Waals surface area contributed by atoms with Crippen LogP contribution in [0.3, 0.4) is 0 Å². The summed E-state index contributed by atoms with van der Waals surface area (Å²) in [6, 6.07) is 4.26. The van der Waals surface area contributed by atoms with Crippen molar-refractivity contribution in [3.63, 3.8) is 0 Å². The molecule has 2 aliphatic heterocycles. The van der Waals surface area contributed by atoms with E-state index in [9.17, 15) is 4.79 Å². The molecule has 2 aliphatic rings. The van der Waals surface area contributed by atoms with Crippen molar-refractivity contribution >= 4 is 35.5 Å². The maximum atomic E-state index is 12.5. The van der Waals surface area contributed by atoms with Crippen LogP contribution in [0.5, 0.6) is 0 Å². The molecule has 190 valence electrons. The number of rotatable bonds is 4. The number of carbonyl (C=O) groups is 1. The first kappa shape index (κ1) is 25.7. The number of nitrogens with one attached hydrogen (secondary N) is 1. The zero-order chi connectivity index (χ0) is 25.6. The lowest BCUT2D eigenvalue weighted by molar-refractivity contribution is 0.00578. The van der Waals surface area contributed by atoms with Crippen LogP contribution in [0.15, 0.2) is 18.3 Å². The van der Waals surface area contributed by atoms with Crippen molar-refractivity contribution in [2.24, 2.45) is 0 Å². The van der Waals surface area contributed by atoms with Gasteiger partial charge in [-0.3, -0.25) is 0 Å². The number of aromatic nitrogens is 2. The predicted molar refractivity (Wildman–Crippen MR) is 139 cm³/mol. The Labute approximate surface area is 209 Å². The van der Waals surface area contributed by atoms with Gasteiger partial charge in [0.25, 0.3) is 0 Å². The normalized spacial score (nSPS) is 21.9. The molecule has 9 heteroatoms. The Kier molecular flexibility index (Phi) is 6.79. The Bertz CT molecular complexity index is 1080. The molecule has 35 heavy (non-hydrogen) atoms. The summed E-state index contributed by atoms with van der Waals surface area (Å²) in [6.45, 7) is 17.3. The molecule has 0 saturated carbocycles. The zero-order valence-corrected chi connectivity index (χ0v) is 22.4. The molecule has 3 heterocycles. The van der Waals surface area contributed by atoms with E-state index < -0.39 is 23.9 Å². The van der Waals surface area contributed by atoms with Gasteiger partial charge >= 0.3 is 13.2 Å². The van der Waals surface area contributed by atoms with Crippen molar-refractivity contribution in [3.8, 4) is 0 Å². The van der Waals surface area contributed by atoms with Gasteiger partial charge in [-0.15, -0.1) is 0 Å². The number of fused-ring (bicyclic) bond motifs is 1. The van der Waals surface area contributed by atoms with E-state index in [0.717, 1.165) is 41.2 Å². The molecule has 4 rings (SSSR count). The van der Waals surface area contributed by atoms with Crippen molar-refractivity contribution in [2.75, 3.05) is 18.4 Å². The smallest absolute Gasteiger partial charge is 0.444 e. The number of amides is 1. The Morgan fingerprint density at radius 2 is 1.91 bits per heavy atom. The molecule has 0 bridgehead atoms. The molecule has 0 unspecified atom stereocenters. The highest BCUT2D eigenvalue weighted by molar-refractivity contribution is 6.62. The number of likely N-dealkylation sites (tertiary alicyclic amines) is 1. The number of ether oxygens (including phenoxy) is 1. The fourth-order valence-corrected chi connectivity index (χ4v) is 4.47. The first-order valence-electron chi connectivity index (χ1n) is 12.7. The number of carbonyl (C=O) groups excluding carboxylic acids is 1. The molecule has 2 fully saturated rings. The number of hydrogen-bond acceptors (Lipinski definition) is 7. The molecule has 0 radical (unpaired) electrons. The number of hydrogen-bond donors (Lipinski definition) is 1. The molecule has 1 N–H and O–H groups in total. The van der Waals surface area contributed by atoms with Crippen molar-refractivity contribution in [3.05, 3.63) is 23.9 Å². The first-order valence-corrected chi connectivity index (χ1v) is 12.7. The minimum absolute atomic E-state index is 0.0721. The minimum atomic E-state index is -0.506. The summed E-state index contributed by atoms with van der Waals surface area (Å²) in [4.78, 5) is 23.7. The van der Waals surface area contributed by atoms with Crippen LogP contribution in [-0.2, 0) is 20.5 Å². The van der Waals surface area contributed by atoms with E-state index in [1.54, 1.807) is 4.90 Å². The van der Waals surface area contributed by atoms with E-state index in [0.29, 0.717) is 19.0 Å². The summed E-state index contributed by atoms with van der Waals surface area (Å²) in [6.07, 6.45) is 4.26. The molecule has 8 nitrogen and oxygen atoms in total. The van der Waals surface area contributed by atoms with Gasteiger partial charge in [0, 0.05) is 30.7 Å². The topological polar surface area (TPSA) is 85.8 Å². The lowest BCUT2D eigenvalue weighted by atomic mass is 9.77. The largest absolute Gasteiger partial charge is 0.494 e. The van der Waals surface area contributed by atoms with Gasteiger partial charge in [0.1, 0.15) is 5.60 Å². The molecule has 2 saturated heterocycles. The summed E-state index contributed by atoms with van der Waals surface area (Å²) in [5.74, 6) is 0.576. The molecule has 2 aromatic rings. The summed E-state index contributed by atoms with van der Waals surface area (Å²) in [7, 11) is -0.423. The highest BCUT2D eigenvalue weighted by atomic mass is 16.7. The molecule has 1 atom stereocenters. The maximum Gasteiger partial charge on any atom is 0.494 e. The molecule has 1 amide bonds. The Morgan fingerprint density at radius 3 is 2.54 bits per heavy atom. The van der Waals surface area contributed by atoms with E-state index in [-0.39, 0.29) is 12.1 Å². The van der Waals surface area contributed by atoms with Gasteiger partial charge < -0.3 is 24.3 Å². The van der Waals surface area contributed by atoms with Gasteiger partial charge in [0.15, 0.2) is 0 Å². The zero-order valence-electron chi connectivity index (χ0n) is 22.4. The van der Waals surface area contributed by atoms with E-state index >= 15 is 0 Å².